The number of amides is 2. The van der Waals surface area contributed by atoms with Gasteiger partial charge in [0, 0.05) is 17.6 Å². The lowest BCUT2D eigenvalue weighted by Crippen LogP contribution is -2.51. The van der Waals surface area contributed by atoms with E-state index in [4.69, 9.17) is 0 Å². The third-order valence-electron chi connectivity index (χ3n) is 5.62. The van der Waals surface area contributed by atoms with Gasteiger partial charge >= 0.3 is 0 Å². The maximum atomic E-state index is 13.7. The zero-order valence-electron chi connectivity index (χ0n) is 20.3. The Morgan fingerprint density at radius 3 is 2.19 bits per heavy atom. The van der Waals surface area contributed by atoms with Crippen LogP contribution in [0.5, 0.6) is 0 Å². The number of rotatable bonds is 11. The van der Waals surface area contributed by atoms with E-state index in [2.05, 4.69) is 21.2 Å². The van der Waals surface area contributed by atoms with Crippen LogP contribution in [0.4, 0.5) is 5.69 Å². The number of hydrogen-bond donors (Lipinski definition) is 1. The van der Waals surface area contributed by atoms with E-state index in [1.165, 1.54) is 17.0 Å². The molecule has 0 aromatic heterocycles. The van der Waals surface area contributed by atoms with Gasteiger partial charge in [0.15, 0.2) is 0 Å². The molecule has 7 nitrogen and oxygen atoms in total. The zero-order chi connectivity index (χ0) is 26.1. The molecule has 0 heterocycles. The smallest absolute Gasteiger partial charge is 0.264 e. The Bertz CT molecular complexity index is 1270. The quantitative estimate of drug-likeness (QED) is 0.364. The lowest BCUT2D eigenvalue weighted by Gasteiger charge is -2.32. The molecule has 1 atom stereocenters. The van der Waals surface area contributed by atoms with Gasteiger partial charge in [0.2, 0.25) is 11.8 Å². The number of benzene rings is 3. The SMILES string of the molecule is CCCNC(=O)[C@H](C)N(Cc1ccccc1)C(=O)CN(c1cccc(Br)c1)S(=O)(=O)c1ccccc1. The molecule has 0 saturated carbocycles. The Hall–Kier alpha value is -3.17. The summed E-state index contributed by atoms with van der Waals surface area (Å²) in [7, 11) is -4.07. The van der Waals surface area contributed by atoms with Crippen molar-refractivity contribution in [3.63, 3.8) is 0 Å². The number of halogens is 1. The highest BCUT2D eigenvalue weighted by Crippen LogP contribution is 2.27. The second-order valence-electron chi connectivity index (χ2n) is 8.28. The first-order valence-electron chi connectivity index (χ1n) is 11.7. The van der Waals surface area contributed by atoms with Crippen LogP contribution in [0.3, 0.4) is 0 Å². The number of nitrogens with zero attached hydrogens (tertiary/aromatic N) is 2. The van der Waals surface area contributed by atoms with Gasteiger partial charge in [-0.15, -0.1) is 0 Å². The van der Waals surface area contributed by atoms with Gasteiger partial charge < -0.3 is 10.2 Å². The van der Waals surface area contributed by atoms with Crippen molar-refractivity contribution in [3.05, 3.63) is 95.0 Å². The molecular formula is C27H30BrN3O4S. The molecule has 0 aliphatic heterocycles. The average molecular weight is 573 g/mol. The lowest BCUT2D eigenvalue weighted by atomic mass is 10.1. The molecule has 0 aliphatic carbocycles. The maximum absolute atomic E-state index is 13.7. The summed E-state index contributed by atoms with van der Waals surface area (Å²) < 4.78 is 29.1. The molecule has 9 heteroatoms. The third kappa shape index (κ3) is 6.95. The molecule has 3 aromatic carbocycles. The number of carbonyl (C=O) groups is 2. The first kappa shape index (κ1) is 27.4. The fourth-order valence-electron chi connectivity index (χ4n) is 3.64. The number of carbonyl (C=O) groups excluding carboxylic acids is 2. The second-order valence-corrected chi connectivity index (χ2v) is 11.1. The highest BCUT2D eigenvalue weighted by Gasteiger charge is 2.32. The number of hydrogen-bond acceptors (Lipinski definition) is 4. The molecule has 3 rings (SSSR count). The Balaban J connectivity index is 1.99. The lowest BCUT2D eigenvalue weighted by molar-refractivity contribution is -0.139. The number of anilines is 1. The van der Waals surface area contributed by atoms with Crippen LogP contribution in [0, 0.1) is 0 Å². The van der Waals surface area contributed by atoms with E-state index in [1.54, 1.807) is 49.4 Å². The van der Waals surface area contributed by atoms with Crippen molar-refractivity contribution in [2.45, 2.75) is 37.8 Å². The van der Waals surface area contributed by atoms with Gasteiger partial charge in [0.05, 0.1) is 10.6 Å². The maximum Gasteiger partial charge on any atom is 0.264 e. The van der Waals surface area contributed by atoms with Crippen LogP contribution in [0.2, 0.25) is 0 Å². The van der Waals surface area contributed by atoms with E-state index in [9.17, 15) is 18.0 Å². The second kappa shape index (κ2) is 12.7. The third-order valence-corrected chi connectivity index (χ3v) is 7.90. The van der Waals surface area contributed by atoms with Gasteiger partial charge in [-0.25, -0.2) is 8.42 Å². The zero-order valence-corrected chi connectivity index (χ0v) is 22.7. The van der Waals surface area contributed by atoms with Crippen molar-refractivity contribution < 1.29 is 18.0 Å². The van der Waals surface area contributed by atoms with E-state index >= 15 is 0 Å². The van der Waals surface area contributed by atoms with Gasteiger partial charge in [0.1, 0.15) is 12.6 Å². The van der Waals surface area contributed by atoms with Crippen LogP contribution < -0.4 is 9.62 Å². The summed E-state index contributed by atoms with van der Waals surface area (Å²) >= 11 is 3.39. The average Bonchev–Trinajstić information content (AvgIpc) is 2.89. The molecule has 0 bridgehead atoms. The standard InChI is InChI=1S/C27H30BrN3O4S/c1-3-17-29-27(33)21(2)30(19-22-11-6-4-7-12-22)26(32)20-31(24-14-10-13-23(28)18-24)36(34,35)25-15-8-5-9-16-25/h4-16,18,21H,3,17,19-20H2,1-2H3,(H,29,33)/t21-/m0/s1. The van der Waals surface area contributed by atoms with Crippen LogP contribution >= 0.6 is 15.9 Å². The largest absolute Gasteiger partial charge is 0.354 e. The topological polar surface area (TPSA) is 86.8 Å². The Kier molecular flexibility index (Phi) is 9.66. The fraction of sp³-hybridized carbons (Fsp3) is 0.259. The van der Waals surface area contributed by atoms with E-state index in [0.717, 1.165) is 16.3 Å². The fourth-order valence-corrected chi connectivity index (χ4v) is 5.45. The summed E-state index contributed by atoms with van der Waals surface area (Å²) in [6, 6.07) is 23.3. The minimum atomic E-state index is -4.07. The molecule has 3 aromatic rings. The van der Waals surface area contributed by atoms with Crippen molar-refractivity contribution in [2.24, 2.45) is 0 Å². The molecule has 0 spiro atoms. The molecule has 1 N–H and O–H groups in total. The molecule has 2 amide bonds. The van der Waals surface area contributed by atoms with Crippen molar-refractivity contribution in [1.82, 2.24) is 10.2 Å². The van der Waals surface area contributed by atoms with Crippen molar-refractivity contribution >= 4 is 43.5 Å². The summed E-state index contributed by atoms with van der Waals surface area (Å²) in [5.74, 6) is -0.779. The first-order chi connectivity index (χ1) is 17.2. The van der Waals surface area contributed by atoms with Gasteiger partial charge in [-0.3, -0.25) is 13.9 Å². The molecule has 190 valence electrons. The van der Waals surface area contributed by atoms with Crippen molar-refractivity contribution in [1.29, 1.82) is 0 Å². The van der Waals surface area contributed by atoms with E-state index in [0.29, 0.717) is 16.7 Å². The number of nitrogens with one attached hydrogen (secondary N) is 1. The monoisotopic (exact) mass is 571 g/mol. The molecule has 0 radical (unpaired) electrons. The normalized spacial score (nSPS) is 12.0. The Morgan fingerprint density at radius 1 is 0.944 bits per heavy atom. The summed E-state index contributed by atoms with van der Waals surface area (Å²) in [6.45, 7) is 3.79. The van der Waals surface area contributed by atoms with Gasteiger partial charge in [0.25, 0.3) is 10.0 Å². The van der Waals surface area contributed by atoms with E-state index < -0.39 is 28.5 Å². The predicted molar refractivity (Wildman–Crippen MR) is 145 cm³/mol. The van der Waals surface area contributed by atoms with Gasteiger partial charge in [-0.05, 0) is 49.2 Å². The van der Waals surface area contributed by atoms with E-state index in [-0.39, 0.29) is 17.3 Å². The molecule has 36 heavy (non-hydrogen) atoms. The molecule has 0 fully saturated rings. The summed E-state index contributed by atoms with van der Waals surface area (Å²) in [6.07, 6.45) is 0.761. The van der Waals surface area contributed by atoms with Crippen LogP contribution in [-0.2, 0) is 26.2 Å². The first-order valence-corrected chi connectivity index (χ1v) is 13.9. The van der Waals surface area contributed by atoms with Gasteiger partial charge in [-0.1, -0.05) is 77.5 Å². The van der Waals surface area contributed by atoms with Crippen molar-refractivity contribution in [2.75, 3.05) is 17.4 Å². The minimum absolute atomic E-state index is 0.0705. The summed E-state index contributed by atoms with van der Waals surface area (Å²) in [5.41, 5.74) is 1.17. The number of sulfonamides is 1. The van der Waals surface area contributed by atoms with Crippen LogP contribution in [0.15, 0.2) is 94.3 Å². The van der Waals surface area contributed by atoms with Crippen molar-refractivity contribution in [3.8, 4) is 0 Å². The minimum Gasteiger partial charge on any atom is -0.354 e. The molecular weight excluding hydrogens is 542 g/mol. The van der Waals surface area contributed by atoms with E-state index in [1.807, 2.05) is 37.3 Å². The Labute approximate surface area is 221 Å². The van der Waals surface area contributed by atoms with Gasteiger partial charge in [-0.2, -0.15) is 0 Å². The van der Waals surface area contributed by atoms with Crippen LogP contribution in [0.1, 0.15) is 25.8 Å². The predicted octanol–water partition coefficient (Wildman–Crippen LogP) is 4.59. The molecule has 0 aliphatic rings. The molecule has 0 unspecified atom stereocenters. The summed E-state index contributed by atoms with van der Waals surface area (Å²) in [4.78, 5) is 28.0. The van der Waals surface area contributed by atoms with Crippen LogP contribution in [0.25, 0.3) is 0 Å². The highest BCUT2D eigenvalue weighted by molar-refractivity contribution is 9.10. The Morgan fingerprint density at radius 2 is 1.58 bits per heavy atom. The van der Waals surface area contributed by atoms with Crippen LogP contribution in [-0.4, -0.2) is 44.3 Å². The molecule has 0 saturated heterocycles. The summed E-state index contributed by atoms with van der Waals surface area (Å²) in [5, 5.41) is 2.83. The highest BCUT2D eigenvalue weighted by atomic mass is 79.9.